The zero-order valence-corrected chi connectivity index (χ0v) is 8.46. The molecule has 0 saturated carbocycles. The van der Waals surface area contributed by atoms with E-state index in [0.717, 1.165) is 18.7 Å². The molecule has 1 unspecified atom stereocenters. The van der Waals surface area contributed by atoms with Crippen molar-refractivity contribution < 1.29 is 0 Å². The maximum Gasteiger partial charge on any atom is 0.122 e. The molecule has 0 heterocycles. The zero-order valence-electron chi connectivity index (χ0n) is 8.46. The monoisotopic (exact) mass is 184 g/mol. The number of nitrogens with zero attached hydrogens (tertiary/aromatic N) is 1. The average Bonchev–Trinajstić information content (AvgIpc) is 2.16. The van der Waals surface area contributed by atoms with Crippen LogP contribution in [0.3, 0.4) is 0 Å². The number of hydrogen-bond donors (Lipinski definition) is 3. The van der Waals surface area contributed by atoms with Crippen molar-refractivity contribution >= 4 is 5.84 Å². The smallest absolute Gasteiger partial charge is 0.122 e. The lowest BCUT2D eigenvalue weighted by Crippen LogP contribution is -2.35. The van der Waals surface area contributed by atoms with Crippen LogP contribution >= 0.6 is 0 Å². The fourth-order valence-corrected chi connectivity index (χ4v) is 1.07. The van der Waals surface area contributed by atoms with Crippen molar-refractivity contribution in [3.63, 3.8) is 0 Å². The van der Waals surface area contributed by atoms with Crippen LogP contribution < -0.4 is 16.8 Å². The first-order valence-electron chi connectivity index (χ1n) is 4.60. The van der Waals surface area contributed by atoms with E-state index in [9.17, 15) is 0 Å². The van der Waals surface area contributed by atoms with Gasteiger partial charge in [0.25, 0.3) is 0 Å². The second-order valence-electron chi connectivity index (χ2n) is 2.79. The minimum Gasteiger partial charge on any atom is -0.404 e. The Morgan fingerprint density at radius 1 is 1.62 bits per heavy atom. The summed E-state index contributed by atoms with van der Waals surface area (Å²) in [4.78, 5) is 4.05. The molecule has 4 nitrogen and oxygen atoms in total. The third-order valence-electron chi connectivity index (χ3n) is 1.85. The molecule has 76 valence electrons. The van der Waals surface area contributed by atoms with Gasteiger partial charge < -0.3 is 16.8 Å². The molecular formula is C9H20N4. The van der Waals surface area contributed by atoms with Gasteiger partial charge in [-0.25, -0.2) is 0 Å². The Bertz CT molecular complexity index is 174. The van der Waals surface area contributed by atoms with E-state index in [-0.39, 0.29) is 0 Å². The van der Waals surface area contributed by atoms with Crippen molar-refractivity contribution in [2.24, 2.45) is 16.5 Å². The van der Waals surface area contributed by atoms with Gasteiger partial charge in [0.2, 0.25) is 0 Å². The molecule has 0 spiro atoms. The van der Waals surface area contributed by atoms with Crippen molar-refractivity contribution in [2.45, 2.75) is 25.8 Å². The largest absolute Gasteiger partial charge is 0.404 e. The summed E-state index contributed by atoms with van der Waals surface area (Å²) in [6, 6.07) is 0.389. The number of aliphatic imine (C=N–C) groups is 1. The summed E-state index contributed by atoms with van der Waals surface area (Å²) in [6.07, 6.45) is 5.21. The van der Waals surface area contributed by atoms with E-state index >= 15 is 0 Å². The van der Waals surface area contributed by atoms with Gasteiger partial charge in [0.05, 0.1) is 0 Å². The molecule has 13 heavy (non-hydrogen) atoms. The lowest BCUT2D eigenvalue weighted by atomic mass is 10.1. The van der Waals surface area contributed by atoms with Gasteiger partial charge in [0.1, 0.15) is 5.84 Å². The highest BCUT2D eigenvalue weighted by Crippen LogP contribution is 1.96. The Balaban J connectivity index is 4.03. The quantitative estimate of drug-likeness (QED) is 0.422. The molecule has 4 heteroatoms. The van der Waals surface area contributed by atoms with Gasteiger partial charge in [0, 0.05) is 13.1 Å². The zero-order chi connectivity index (χ0) is 10.1. The summed E-state index contributed by atoms with van der Waals surface area (Å²) in [5, 5.41) is 3.26. The number of rotatable bonds is 5. The Morgan fingerprint density at radius 2 is 2.31 bits per heavy atom. The summed E-state index contributed by atoms with van der Waals surface area (Å²) < 4.78 is 0. The summed E-state index contributed by atoms with van der Waals surface area (Å²) in [7, 11) is 1.73. The van der Waals surface area contributed by atoms with Crippen molar-refractivity contribution in [1.82, 2.24) is 5.32 Å². The summed E-state index contributed by atoms with van der Waals surface area (Å²) >= 11 is 0. The normalized spacial score (nSPS) is 14.8. The second-order valence-corrected chi connectivity index (χ2v) is 2.79. The Hall–Kier alpha value is -1.03. The third kappa shape index (κ3) is 5.25. The lowest BCUT2D eigenvalue weighted by molar-refractivity contribution is 0.551. The highest BCUT2D eigenvalue weighted by molar-refractivity contribution is 5.92. The SMILES string of the molecule is CCC(CCN)NC(/C=C\N)=NC. The van der Waals surface area contributed by atoms with Crippen LogP contribution in [0.4, 0.5) is 0 Å². The fourth-order valence-electron chi connectivity index (χ4n) is 1.07. The van der Waals surface area contributed by atoms with E-state index in [1.165, 1.54) is 6.20 Å². The molecule has 0 saturated heterocycles. The van der Waals surface area contributed by atoms with Crippen LogP contribution in [0.15, 0.2) is 17.3 Å². The number of nitrogens with two attached hydrogens (primary N) is 2. The minimum atomic E-state index is 0.389. The average molecular weight is 184 g/mol. The summed E-state index contributed by atoms with van der Waals surface area (Å²) in [5.41, 5.74) is 10.7. The molecule has 0 aliphatic heterocycles. The van der Waals surface area contributed by atoms with E-state index in [1.54, 1.807) is 13.1 Å². The predicted molar refractivity (Wildman–Crippen MR) is 57.6 cm³/mol. The molecular weight excluding hydrogens is 164 g/mol. The molecule has 0 bridgehead atoms. The van der Waals surface area contributed by atoms with E-state index in [2.05, 4.69) is 17.2 Å². The third-order valence-corrected chi connectivity index (χ3v) is 1.85. The molecule has 0 fully saturated rings. The first-order chi connectivity index (χ1) is 6.28. The molecule has 0 aromatic heterocycles. The van der Waals surface area contributed by atoms with Crippen molar-refractivity contribution in [3.05, 3.63) is 12.3 Å². The predicted octanol–water partition coefficient (Wildman–Crippen LogP) is 0.204. The lowest BCUT2D eigenvalue weighted by Gasteiger charge is -2.16. The molecule has 5 N–H and O–H groups in total. The fraction of sp³-hybridized carbons (Fsp3) is 0.667. The van der Waals surface area contributed by atoms with Crippen LogP contribution in [0.25, 0.3) is 0 Å². The molecule has 0 aliphatic rings. The van der Waals surface area contributed by atoms with Gasteiger partial charge in [-0.2, -0.15) is 0 Å². The molecule has 0 rings (SSSR count). The molecule has 1 atom stereocenters. The van der Waals surface area contributed by atoms with Gasteiger partial charge in [-0.3, -0.25) is 4.99 Å². The molecule has 0 aliphatic carbocycles. The number of nitrogens with one attached hydrogen (secondary N) is 1. The van der Waals surface area contributed by atoms with Gasteiger partial charge in [-0.15, -0.1) is 0 Å². The van der Waals surface area contributed by atoms with Crippen molar-refractivity contribution in [1.29, 1.82) is 0 Å². The van der Waals surface area contributed by atoms with Crippen LogP contribution in [0.1, 0.15) is 19.8 Å². The summed E-state index contributed by atoms with van der Waals surface area (Å²) in [5.74, 6) is 0.808. The van der Waals surface area contributed by atoms with Gasteiger partial charge in [0.15, 0.2) is 0 Å². The van der Waals surface area contributed by atoms with E-state index in [0.29, 0.717) is 12.6 Å². The Morgan fingerprint density at radius 3 is 2.69 bits per heavy atom. The molecule has 0 radical (unpaired) electrons. The van der Waals surface area contributed by atoms with Crippen LogP contribution in [0.5, 0.6) is 0 Å². The van der Waals surface area contributed by atoms with E-state index in [1.807, 2.05) is 0 Å². The topological polar surface area (TPSA) is 76.4 Å². The van der Waals surface area contributed by atoms with Crippen LogP contribution in [0, 0.1) is 0 Å². The van der Waals surface area contributed by atoms with Gasteiger partial charge >= 0.3 is 0 Å². The van der Waals surface area contributed by atoms with Crippen LogP contribution in [-0.2, 0) is 0 Å². The Kier molecular flexibility index (Phi) is 7.01. The van der Waals surface area contributed by atoms with Crippen LogP contribution in [-0.4, -0.2) is 25.5 Å². The van der Waals surface area contributed by atoms with Gasteiger partial charge in [-0.05, 0) is 31.7 Å². The molecule has 0 amide bonds. The first kappa shape index (κ1) is 12.0. The maximum atomic E-state index is 5.47. The highest BCUT2D eigenvalue weighted by atomic mass is 15.0. The molecule has 0 aromatic carbocycles. The van der Waals surface area contributed by atoms with Crippen LogP contribution in [0.2, 0.25) is 0 Å². The van der Waals surface area contributed by atoms with Gasteiger partial charge in [-0.1, -0.05) is 6.92 Å². The second kappa shape index (κ2) is 7.61. The van der Waals surface area contributed by atoms with E-state index < -0.39 is 0 Å². The molecule has 0 aromatic rings. The Labute approximate surface area is 80.1 Å². The standard InChI is InChI=1S/C9H20N4/c1-3-8(4-6-10)13-9(12-2)5-7-11/h5,7-8H,3-4,6,10-11H2,1-2H3,(H,12,13)/b7-5-. The van der Waals surface area contributed by atoms with E-state index in [4.69, 9.17) is 11.5 Å². The summed E-state index contributed by atoms with van der Waals surface area (Å²) in [6.45, 7) is 2.81. The first-order valence-corrected chi connectivity index (χ1v) is 4.60. The number of hydrogen-bond acceptors (Lipinski definition) is 3. The van der Waals surface area contributed by atoms with Crippen molar-refractivity contribution in [2.75, 3.05) is 13.6 Å². The minimum absolute atomic E-state index is 0.389. The maximum absolute atomic E-state index is 5.47. The highest BCUT2D eigenvalue weighted by Gasteiger charge is 2.04. The van der Waals surface area contributed by atoms with Crippen molar-refractivity contribution in [3.8, 4) is 0 Å². The number of amidine groups is 1.